The van der Waals surface area contributed by atoms with Crippen molar-refractivity contribution in [2.45, 2.75) is 64.5 Å². The minimum atomic E-state index is -0.0129. The maximum absolute atomic E-state index is 13.9. The summed E-state index contributed by atoms with van der Waals surface area (Å²) in [4.78, 5) is 32.0. The van der Waals surface area contributed by atoms with E-state index in [0.717, 1.165) is 58.2 Å². The summed E-state index contributed by atoms with van der Waals surface area (Å²) in [5, 5.41) is 3.58. The van der Waals surface area contributed by atoms with Crippen LogP contribution in [0.3, 0.4) is 0 Å². The fourth-order valence-electron chi connectivity index (χ4n) is 6.67. The van der Waals surface area contributed by atoms with Gasteiger partial charge in [0.25, 0.3) is 5.91 Å². The second kappa shape index (κ2) is 14.6. The Hall–Kier alpha value is -3.10. The number of rotatable bonds is 14. The molecule has 2 aromatic rings. The van der Waals surface area contributed by atoms with Crippen molar-refractivity contribution in [2.75, 3.05) is 53.6 Å². The van der Waals surface area contributed by atoms with Crippen LogP contribution in [0, 0.1) is 17.8 Å². The van der Waals surface area contributed by atoms with E-state index in [-0.39, 0.29) is 23.8 Å². The number of hydrogen-bond acceptors (Lipinski definition) is 6. The molecule has 1 N–H and O–H groups in total. The van der Waals surface area contributed by atoms with Gasteiger partial charge in [-0.2, -0.15) is 0 Å². The van der Waals surface area contributed by atoms with E-state index in [2.05, 4.69) is 48.3 Å². The predicted molar refractivity (Wildman–Crippen MR) is 168 cm³/mol. The van der Waals surface area contributed by atoms with Crippen LogP contribution in [-0.4, -0.2) is 87.3 Å². The second-order valence-electron chi connectivity index (χ2n) is 12.7. The Morgan fingerprint density at radius 1 is 0.930 bits per heavy atom. The zero-order valence-electron chi connectivity index (χ0n) is 26.3. The molecule has 5 rings (SSSR count). The minimum absolute atomic E-state index is 0.0129. The van der Waals surface area contributed by atoms with Gasteiger partial charge < -0.3 is 29.3 Å². The number of nitrogens with zero attached hydrogens (tertiary/aromatic N) is 2. The Balaban J connectivity index is 1.25. The lowest BCUT2D eigenvalue weighted by atomic mass is 9.83. The molecule has 1 saturated carbocycles. The molecule has 234 valence electrons. The molecule has 1 saturated heterocycles. The molecule has 2 fully saturated rings. The third kappa shape index (κ3) is 7.71. The molecular formula is C35H49N3O5. The number of hydrogen-bond donors (Lipinski definition) is 1. The Morgan fingerprint density at radius 3 is 2.37 bits per heavy atom. The van der Waals surface area contributed by atoms with Gasteiger partial charge in [-0.05, 0) is 87.1 Å². The zero-order chi connectivity index (χ0) is 30.3. The number of fused-ring (bicyclic) bond motifs is 1. The lowest BCUT2D eigenvalue weighted by molar-refractivity contribution is -0.137. The van der Waals surface area contributed by atoms with Crippen LogP contribution >= 0.6 is 0 Å². The molecule has 0 spiro atoms. The molecule has 3 atom stereocenters. The first-order valence-electron chi connectivity index (χ1n) is 16.1. The maximum atomic E-state index is 13.9. The van der Waals surface area contributed by atoms with E-state index in [9.17, 15) is 9.59 Å². The van der Waals surface area contributed by atoms with E-state index in [1.807, 2.05) is 11.0 Å². The third-order valence-corrected chi connectivity index (χ3v) is 9.35. The normalized spacial score (nSPS) is 21.4. The van der Waals surface area contributed by atoms with Crippen LogP contribution in [0.25, 0.3) is 0 Å². The van der Waals surface area contributed by atoms with Gasteiger partial charge in [0.15, 0.2) is 11.5 Å². The van der Waals surface area contributed by atoms with Crippen molar-refractivity contribution >= 4 is 11.8 Å². The van der Waals surface area contributed by atoms with Gasteiger partial charge in [0, 0.05) is 69.9 Å². The summed E-state index contributed by atoms with van der Waals surface area (Å²) in [5.74, 6) is 2.14. The summed E-state index contributed by atoms with van der Waals surface area (Å²) in [5.41, 5.74) is 3.31. The molecule has 0 unspecified atom stereocenters. The number of aryl methyl sites for hydroxylation is 1. The van der Waals surface area contributed by atoms with Crippen molar-refractivity contribution < 1.29 is 23.8 Å². The van der Waals surface area contributed by atoms with Crippen LogP contribution < -0.4 is 14.8 Å². The lowest BCUT2D eigenvalue weighted by Gasteiger charge is -2.35. The number of methoxy groups -OCH3 is 2. The monoisotopic (exact) mass is 591 g/mol. The number of amides is 2. The predicted octanol–water partition coefficient (Wildman–Crippen LogP) is 4.59. The molecule has 0 aromatic heterocycles. The van der Waals surface area contributed by atoms with Crippen LogP contribution in [0.4, 0.5) is 0 Å². The Bertz CT molecular complexity index is 1250. The van der Waals surface area contributed by atoms with E-state index in [1.165, 1.54) is 11.1 Å². The fraction of sp³-hybridized carbons (Fsp3) is 0.600. The summed E-state index contributed by atoms with van der Waals surface area (Å²) >= 11 is 0. The van der Waals surface area contributed by atoms with E-state index in [4.69, 9.17) is 14.2 Å². The van der Waals surface area contributed by atoms with Gasteiger partial charge in [0.1, 0.15) is 0 Å². The highest BCUT2D eigenvalue weighted by molar-refractivity contribution is 5.95. The summed E-state index contributed by atoms with van der Waals surface area (Å²) < 4.78 is 16.6. The summed E-state index contributed by atoms with van der Waals surface area (Å²) in [7, 11) is 3.28. The first-order chi connectivity index (χ1) is 20.9. The van der Waals surface area contributed by atoms with Gasteiger partial charge in [-0.25, -0.2) is 0 Å². The van der Waals surface area contributed by atoms with Crippen molar-refractivity contribution in [1.82, 2.24) is 15.1 Å². The summed E-state index contributed by atoms with van der Waals surface area (Å²) in [6.07, 6.45) is 5.71. The molecule has 8 nitrogen and oxygen atoms in total. The first-order valence-corrected chi connectivity index (χ1v) is 16.1. The summed E-state index contributed by atoms with van der Waals surface area (Å²) in [6.45, 7) is 8.36. The maximum Gasteiger partial charge on any atom is 0.254 e. The van der Waals surface area contributed by atoms with E-state index in [0.29, 0.717) is 54.7 Å². The molecule has 2 amide bonds. The Morgan fingerprint density at radius 2 is 1.67 bits per heavy atom. The quantitative estimate of drug-likeness (QED) is 0.324. The lowest BCUT2D eigenvalue weighted by Crippen LogP contribution is -2.46. The fourth-order valence-corrected chi connectivity index (χ4v) is 6.67. The molecular weight excluding hydrogens is 542 g/mol. The number of carbonyl (C=O) groups is 2. The van der Waals surface area contributed by atoms with E-state index < -0.39 is 0 Å². The first kappa shape index (κ1) is 31.3. The Labute approximate surface area is 257 Å². The van der Waals surface area contributed by atoms with Crippen LogP contribution in [-0.2, 0) is 22.4 Å². The van der Waals surface area contributed by atoms with Crippen molar-refractivity contribution in [3.05, 3.63) is 59.2 Å². The molecule has 8 heteroatoms. The van der Waals surface area contributed by atoms with Gasteiger partial charge in [0.2, 0.25) is 5.91 Å². The average molecular weight is 592 g/mol. The molecule has 3 aliphatic rings. The second-order valence-corrected chi connectivity index (χ2v) is 12.7. The van der Waals surface area contributed by atoms with Crippen molar-refractivity contribution in [3.8, 4) is 11.5 Å². The largest absolute Gasteiger partial charge is 0.493 e. The molecule has 0 radical (unpaired) electrons. The SMILES string of the molecule is COCCCOc1cc(C(=O)N(C[C@@H]2CNC[C@H]2CN(C(=O)[C@@H]2CCc3ccccc3C2)C2CC2)C(C)C)ccc1OC. The molecule has 2 aromatic carbocycles. The van der Waals surface area contributed by atoms with Gasteiger partial charge in [-0.1, -0.05) is 24.3 Å². The van der Waals surface area contributed by atoms with Crippen LogP contribution in [0.15, 0.2) is 42.5 Å². The average Bonchev–Trinajstić information content (AvgIpc) is 3.78. The minimum Gasteiger partial charge on any atom is -0.493 e. The highest BCUT2D eigenvalue weighted by Crippen LogP contribution is 2.35. The molecule has 1 aliphatic heterocycles. The summed E-state index contributed by atoms with van der Waals surface area (Å²) in [6, 6.07) is 14.4. The number of benzene rings is 2. The van der Waals surface area contributed by atoms with Crippen molar-refractivity contribution in [3.63, 3.8) is 0 Å². The Kier molecular flexibility index (Phi) is 10.6. The van der Waals surface area contributed by atoms with Gasteiger partial charge in [0.05, 0.1) is 13.7 Å². The van der Waals surface area contributed by atoms with Crippen LogP contribution in [0.1, 0.15) is 61.0 Å². The van der Waals surface area contributed by atoms with Crippen LogP contribution in [0.2, 0.25) is 0 Å². The van der Waals surface area contributed by atoms with E-state index in [1.54, 1.807) is 26.4 Å². The topological polar surface area (TPSA) is 80.3 Å². The molecule has 43 heavy (non-hydrogen) atoms. The number of nitrogens with one attached hydrogen (secondary N) is 1. The van der Waals surface area contributed by atoms with E-state index >= 15 is 0 Å². The van der Waals surface area contributed by atoms with Gasteiger partial charge in [-0.3, -0.25) is 9.59 Å². The van der Waals surface area contributed by atoms with Crippen LogP contribution in [0.5, 0.6) is 11.5 Å². The molecule has 1 heterocycles. The van der Waals surface area contributed by atoms with Crippen molar-refractivity contribution in [1.29, 1.82) is 0 Å². The van der Waals surface area contributed by atoms with Gasteiger partial charge in [-0.15, -0.1) is 0 Å². The van der Waals surface area contributed by atoms with Crippen molar-refractivity contribution in [2.24, 2.45) is 17.8 Å². The zero-order valence-corrected chi connectivity index (χ0v) is 26.3. The number of ether oxygens (including phenoxy) is 3. The smallest absolute Gasteiger partial charge is 0.254 e. The third-order valence-electron chi connectivity index (χ3n) is 9.35. The van der Waals surface area contributed by atoms with Gasteiger partial charge >= 0.3 is 0 Å². The molecule has 0 bridgehead atoms. The highest BCUT2D eigenvalue weighted by atomic mass is 16.5. The highest BCUT2D eigenvalue weighted by Gasteiger charge is 2.41. The molecule has 2 aliphatic carbocycles. The number of carbonyl (C=O) groups excluding carboxylic acids is 2. The standard InChI is InChI=1S/C35H49N3O5/c1-24(2)37(34(39)28-12-15-32(42-4)33(19-28)43-17-7-16-41-3)22-29-20-36-21-30(29)23-38(31-13-14-31)35(40)27-11-10-25-8-5-6-9-26(25)18-27/h5-6,8-9,12,15,19,24,27,29-31,36H,7,10-11,13-14,16-18,20-23H2,1-4H3/t27-,29+,30+/m1/s1.